The smallest absolute Gasteiger partial charge is 0.279 e. The quantitative estimate of drug-likeness (QED) is 0.591. The van der Waals surface area contributed by atoms with E-state index in [4.69, 9.17) is 17.4 Å². The first-order valence-electron chi connectivity index (χ1n) is 6.88. The van der Waals surface area contributed by atoms with Crippen LogP contribution in [0, 0.1) is 0 Å². The maximum absolute atomic E-state index is 12.2. The van der Waals surface area contributed by atoms with E-state index in [1.54, 1.807) is 31.3 Å². The van der Waals surface area contributed by atoms with Gasteiger partial charge in [0, 0.05) is 12.6 Å². The van der Waals surface area contributed by atoms with Crippen molar-refractivity contribution >= 4 is 23.2 Å². The third kappa shape index (κ3) is 2.94. The van der Waals surface area contributed by atoms with Crippen LogP contribution in [0.4, 0.5) is 11.6 Å². The van der Waals surface area contributed by atoms with E-state index >= 15 is 0 Å². The molecule has 0 aliphatic rings. The Bertz CT molecular complexity index is 894. The van der Waals surface area contributed by atoms with Crippen LogP contribution < -0.4 is 16.5 Å². The van der Waals surface area contributed by atoms with Crippen molar-refractivity contribution in [2.75, 3.05) is 5.01 Å². The third-order valence-electron chi connectivity index (χ3n) is 3.37. The summed E-state index contributed by atoms with van der Waals surface area (Å²) in [6.07, 6.45) is 0. The van der Waals surface area contributed by atoms with Gasteiger partial charge in [-0.1, -0.05) is 41.9 Å². The molecule has 0 spiro atoms. The minimum absolute atomic E-state index is 0.106. The highest BCUT2D eigenvalue weighted by atomic mass is 35.5. The molecule has 1 heterocycles. The van der Waals surface area contributed by atoms with Crippen LogP contribution in [0.2, 0.25) is 5.02 Å². The lowest BCUT2D eigenvalue weighted by molar-refractivity contribution is 0.772. The molecule has 0 fully saturated rings. The molecule has 1 aromatic heterocycles. The molecule has 6 nitrogen and oxygen atoms in total. The van der Waals surface area contributed by atoms with E-state index in [0.29, 0.717) is 22.1 Å². The average Bonchev–Trinajstić information content (AvgIpc) is 2.58. The fourth-order valence-electron chi connectivity index (χ4n) is 2.14. The zero-order chi connectivity index (χ0) is 16.4. The third-order valence-corrected chi connectivity index (χ3v) is 3.70. The van der Waals surface area contributed by atoms with Crippen molar-refractivity contribution in [1.82, 2.24) is 14.5 Å². The summed E-state index contributed by atoms with van der Waals surface area (Å²) in [5.74, 6) is 6.55. The van der Waals surface area contributed by atoms with Crippen LogP contribution in [-0.2, 0) is 7.05 Å². The summed E-state index contributed by atoms with van der Waals surface area (Å²) in [5, 5.41) is 1.76. The number of hydrogen-bond donors (Lipinski definition) is 1. The molecule has 0 radical (unpaired) electrons. The number of nitrogens with zero attached hydrogens (tertiary/aromatic N) is 4. The molecule has 0 aliphatic heterocycles. The molecule has 116 valence electrons. The Labute approximate surface area is 137 Å². The second kappa shape index (κ2) is 6.20. The van der Waals surface area contributed by atoms with Gasteiger partial charge in [-0.05, 0) is 24.3 Å². The average molecular weight is 328 g/mol. The normalized spacial score (nSPS) is 10.6. The molecule has 2 aromatic carbocycles. The monoisotopic (exact) mass is 327 g/mol. The van der Waals surface area contributed by atoms with Gasteiger partial charge in [0.05, 0.1) is 10.7 Å². The van der Waals surface area contributed by atoms with Crippen LogP contribution in [0.1, 0.15) is 0 Å². The first-order valence-corrected chi connectivity index (χ1v) is 7.25. The Morgan fingerprint density at radius 1 is 1.04 bits per heavy atom. The highest BCUT2D eigenvalue weighted by molar-refractivity contribution is 6.33. The maximum Gasteiger partial charge on any atom is 0.352 e. The second-order valence-electron chi connectivity index (χ2n) is 4.87. The van der Waals surface area contributed by atoms with Crippen molar-refractivity contribution in [2.45, 2.75) is 0 Å². The molecule has 23 heavy (non-hydrogen) atoms. The van der Waals surface area contributed by atoms with Gasteiger partial charge in [-0.3, -0.25) is 4.57 Å². The Hall–Kier alpha value is -2.70. The van der Waals surface area contributed by atoms with Gasteiger partial charge in [0.25, 0.3) is 5.95 Å². The Morgan fingerprint density at radius 2 is 1.70 bits per heavy atom. The van der Waals surface area contributed by atoms with E-state index in [0.717, 1.165) is 0 Å². The number of para-hydroxylation sites is 1. The van der Waals surface area contributed by atoms with E-state index in [1.807, 2.05) is 30.3 Å². The lowest BCUT2D eigenvalue weighted by Gasteiger charge is -2.18. The molecule has 7 heteroatoms. The summed E-state index contributed by atoms with van der Waals surface area (Å²) in [6, 6.07) is 16.3. The minimum Gasteiger partial charge on any atom is -0.279 e. The van der Waals surface area contributed by atoms with E-state index in [-0.39, 0.29) is 5.95 Å². The maximum atomic E-state index is 12.2. The summed E-state index contributed by atoms with van der Waals surface area (Å²) < 4.78 is 1.34. The van der Waals surface area contributed by atoms with Crippen molar-refractivity contribution in [3.63, 3.8) is 0 Å². The van der Waals surface area contributed by atoms with Crippen LogP contribution in [0.5, 0.6) is 0 Å². The van der Waals surface area contributed by atoms with Crippen molar-refractivity contribution in [1.29, 1.82) is 0 Å². The van der Waals surface area contributed by atoms with Crippen molar-refractivity contribution in [2.24, 2.45) is 12.9 Å². The van der Waals surface area contributed by atoms with E-state index in [1.165, 1.54) is 9.58 Å². The molecular weight excluding hydrogens is 314 g/mol. The standard InChI is InChI=1S/C16H14ClN5O/c1-21-14(12-9-5-6-10-13(12)17)19-15(20-16(21)23)22(18)11-7-3-2-4-8-11/h2-10H,18H2,1H3. The number of aromatic nitrogens is 3. The van der Waals surface area contributed by atoms with Gasteiger partial charge in [-0.2, -0.15) is 9.97 Å². The van der Waals surface area contributed by atoms with Crippen LogP contribution in [0.15, 0.2) is 59.4 Å². The summed E-state index contributed by atoms with van der Waals surface area (Å²) >= 11 is 6.21. The van der Waals surface area contributed by atoms with Gasteiger partial charge in [0.15, 0.2) is 0 Å². The molecule has 0 saturated heterocycles. The van der Waals surface area contributed by atoms with Crippen LogP contribution in [0.25, 0.3) is 11.4 Å². The molecule has 3 aromatic rings. The van der Waals surface area contributed by atoms with E-state index < -0.39 is 5.69 Å². The lowest BCUT2D eigenvalue weighted by Crippen LogP contribution is -2.32. The first-order chi connectivity index (χ1) is 11.1. The van der Waals surface area contributed by atoms with E-state index in [2.05, 4.69) is 9.97 Å². The molecule has 0 bridgehead atoms. The van der Waals surface area contributed by atoms with Gasteiger partial charge in [-0.15, -0.1) is 0 Å². The second-order valence-corrected chi connectivity index (χ2v) is 5.28. The highest BCUT2D eigenvalue weighted by Crippen LogP contribution is 2.26. The number of rotatable bonds is 3. The number of hydrogen-bond acceptors (Lipinski definition) is 5. The summed E-state index contributed by atoms with van der Waals surface area (Å²) in [5.41, 5.74) is 0.848. The Balaban J connectivity index is 2.15. The molecule has 0 unspecified atom stereocenters. The number of nitrogens with two attached hydrogens (primary N) is 1. The fourth-order valence-corrected chi connectivity index (χ4v) is 2.36. The first kappa shape index (κ1) is 15.2. The molecule has 3 rings (SSSR count). The largest absolute Gasteiger partial charge is 0.352 e. The predicted molar refractivity (Wildman–Crippen MR) is 90.5 cm³/mol. The Kier molecular flexibility index (Phi) is 4.10. The van der Waals surface area contributed by atoms with Gasteiger partial charge >= 0.3 is 5.69 Å². The molecule has 0 amide bonds. The SMILES string of the molecule is Cn1c(-c2ccccc2Cl)nc(N(N)c2ccccc2)nc1=O. The topological polar surface area (TPSA) is 77.0 Å². The van der Waals surface area contributed by atoms with Gasteiger partial charge < -0.3 is 0 Å². The van der Waals surface area contributed by atoms with Gasteiger partial charge in [0.1, 0.15) is 5.82 Å². The van der Waals surface area contributed by atoms with Crippen LogP contribution in [0.3, 0.4) is 0 Å². The highest BCUT2D eigenvalue weighted by Gasteiger charge is 2.15. The van der Waals surface area contributed by atoms with Crippen LogP contribution >= 0.6 is 11.6 Å². The summed E-state index contributed by atoms with van der Waals surface area (Å²) in [4.78, 5) is 20.5. The summed E-state index contributed by atoms with van der Waals surface area (Å²) in [6.45, 7) is 0. The minimum atomic E-state index is -0.462. The molecule has 2 N–H and O–H groups in total. The van der Waals surface area contributed by atoms with Gasteiger partial charge in [0.2, 0.25) is 0 Å². The molecule has 0 aliphatic carbocycles. The zero-order valence-electron chi connectivity index (χ0n) is 12.3. The van der Waals surface area contributed by atoms with Crippen molar-refractivity contribution in [3.8, 4) is 11.4 Å². The number of halogens is 1. The number of hydrazine groups is 1. The summed E-state index contributed by atoms with van der Waals surface area (Å²) in [7, 11) is 1.59. The Morgan fingerprint density at radius 3 is 2.39 bits per heavy atom. The molecule has 0 saturated carbocycles. The van der Waals surface area contributed by atoms with Crippen LogP contribution in [-0.4, -0.2) is 14.5 Å². The zero-order valence-corrected chi connectivity index (χ0v) is 13.1. The predicted octanol–water partition coefficient (Wildman–Crippen LogP) is 2.51. The van der Waals surface area contributed by atoms with E-state index in [9.17, 15) is 4.79 Å². The van der Waals surface area contributed by atoms with Gasteiger partial charge in [-0.25, -0.2) is 15.6 Å². The molecule has 0 atom stereocenters. The number of anilines is 2. The van der Waals surface area contributed by atoms with Crippen molar-refractivity contribution in [3.05, 3.63) is 70.1 Å². The molecular formula is C16H14ClN5O. The lowest BCUT2D eigenvalue weighted by atomic mass is 10.2. The fraction of sp³-hybridized carbons (Fsp3) is 0.0625. The van der Waals surface area contributed by atoms with Crippen molar-refractivity contribution < 1.29 is 0 Å². The number of benzene rings is 2.